The van der Waals surface area contributed by atoms with Gasteiger partial charge < -0.3 is 5.11 Å². The van der Waals surface area contributed by atoms with E-state index in [4.69, 9.17) is 5.11 Å². The van der Waals surface area contributed by atoms with E-state index < -0.39 is 6.09 Å². The maximum atomic E-state index is 9.42. The SMILES string of the molecule is NN(S)C(=O)O. The van der Waals surface area contributed by atoms with Crippen LogP contribution in [0.3, 0.4) is 0 Å². The lowest BCUT2D eigenvalue weighted by atomic mass is 11.3. The topological polar surface area (TPSA) is 66.6 Å². The Morgan fingerprint density at radius 2 is 2.17 bits per heavy atom. The molecule has 0 unspecified atom stereocenters. The van der Waals surface area contributed by atoms with Crippen molar-refractivity contribution in [3.05, 3.63) is 0 Å². The Morgan fingerprint density at radius 1 is 2.00 bits per heavy atom. The molecule has 5 heteroatoms. The van der Waals surface area contributed by atoms with Crippen molar-refractivity contribution in [1.29, 1.82) is 0 Å². The summed E-state index contributed by atoms with van der Waals surface area (Å²) in [6.45, 7) is 0. The molecule has 0 aliphatic heterocycles. The van der Waals surface area contributed by atoms with E-state index >= 15 is 0 Å². The first-order valence-corrected chi connectivity index (χ1v) is 1.51. The van der Waals surface area contributed by atoms with Crippen LogP contribution in [0.25, 0.3) is 0 Å². The van der Waals surface area contributed by atoms with Crippen LogP contribution < -0.4 is 5.84 Å². The van der Waals surface area contributed by atoms with Crippen LogP contribution in [0.4, 0.5) is 4.79 Å². The zero-order valence-electron chi connectivity index (χ0n) is 2.83. The number of hydrogen-bond acceptors (Lipinski definition) is 3. The number of hydrogen-bond donors (Lipinski definition) is 3. The van der Waals surface area contributed by atoms with E-state index in [1.165, 1.54) is 0 Å². The number of hydrazine groups is 1. The fourth-order valence-electron chi connectivity index (χ4n) is 0. The molecule has 3 N–H and O–H groups in total. The summed E-state index contributed by atoms with van der Waals surface area (Å²) >= 11 is 3.20. The molecule has 0 saturated carbocycles. The molecule has 0 radical (unpaired) electrons. The Hall–Kier alpha value is -0.420. The molecule has 0 heterocycles. The summed E-state index contributed by atoms with van der Waals surface area (Å²) in [4.78, 5) is 9.42. The standard InChI is InChI=1S/CH4N2O2S/c2-3(6)1(4)5/h6H,2H2,(H,4,5). The second kappa shape index (κ2) is 1.89. The molecular formula is CH4N2O2S. The van der Waals surface area contributed by atoms with Gasteiger partial charge in [0.15, 0.2) is 0 Å². The van der Waals surface area contributed by atoms with Gasteiger partial charge in [-0.3, -0.25) is 0 Å². The first-order valence-electron chi connectivity index (χ1n) is 1.11. The minimum absolute atomic E-state index is 0.278. The Kier molecular flexibility index (Phi) is 1.75. The second-order valence-electron chi connectivity index (χ2n) is 0.627. The Balaban J connectivity index is 3.26. The Labute approximate surface area is 40.1 Å². The summed E-state index contributed by atoms with van der Waals surface area (Å²) in [6, 6.07) is 0. The molecule has 0 spiro atoms. The van der Waals surface area contributed by atoms with Crippen LogP contribution in [0, 0.1) is 0 Å². The zero-order chi connectivity index (χ0) is 5.15. The first kappa shape index (κ1) is 5.58. The van der Waals surface area contributed by atoms with E-state index in [0.717, 1.165) is 0 Å². The minimum Gasteiger partial charge on any atom is -0.463 e. The molecule has 6 heavy (non-hydrogen) atoms. The van der Waals surface area contributed by atoms with Gasteiger partial charge in [0, 0.05) is 0 Å². The molecule has 0 aromatic heterocycles. The zero-order valence-corrected chi connectivity index (χ0v) is 3.72. The highest BCUT2D eigenvalue weighted by Gasteiger charge is 1.94. The van der Waals surface area contributed by atoms with E-state index in [2.05, 4.69) is 18.7 Å². The van der Waals surface area contributed by atoms with E-state index in [9.17, 15) is 4.79 Å². The van der Waals surface area contributed by atoms with Crippen LogP contribution in [0.1, 0.15) is 0 Å². The molecule has 36 valence electrons. The van der Waals surface area contributed by atoms with E-state index in [1.807, 2.05) is 0 Å². The maximum absolute atomic E-state index is 9.42. The molecule has 0 bridgehead atoms. The van der Waals surface area contributed by atoms with Crippen LogP contribution in [-0.2, 0) is 0 Å². The third-order valence-corrected chi connectivity index (χ3v) is 0.367. The number of thiol groups is 1. The Morgan fingerprint density at radius 3 is 2.17 bits per heavy atom. The molecule has 4 nitrogen and oxygen atoms in total. The van der Waals surface area contributed by atoms with Crippen molar-refractivity contribution >= 4 is 18.9 Å². The molecular weight excluding hydrogens is 104 g/mol. The van der Waals surface area contributed by atoms with Gasteiger partial charge in [0.2, 0.25) is 0 Å². The molecule has 0 aromatic carbocycles. The van der Waals surface area contributed by atoms with Crippen molar-refractivity contribution in [1.82, 2.24) is 4.41 Å². The predicted octanol–water partition coefficient (Wildman–Crippen LogP) is -0.315. The molecule has 0 saturated heterocycles. The van der Waals surface area contributed by atoms with E-state index in [-0.39, 0.29) is 4.41 Å². The predicted molar refractivity (Wildman–Crippen MR) is 23.0 cm³/mol. The van der Waals surface area contributed by atoms with Crippen molar-refractivity contribution in [2.24, 2.45) is 5.84 Å². The summed E-state index contributed by atoms with van der Waals surface area (Å²) < 4.78 is 0.278. The lowest BCUT2D eigenvalue weighted by Gasteiger charge is -1.97. The lowest BCUT2D eigenvalue weighted by molar-refractivity contribution is 0.176. The monoisotopic (exact) mass is 108 g/mol. The maximum Gasteiger partial charge on any atom is 0.431 e. The third kappa shape index (κ3) is 1.86. The summed E-state index contributed by atoms with van der Waals surface area (Å²) in [5, 5.41) is 7.72. The fraction of sp³-hybridized carbons (Fsp3) is 0. The van der Waals surface area contributed by atoms with Gasteiger partial charge in [0.1, 0.15) is 0 Å². The van der Waals surface area contributed by atoms with Crippen LogP contribution >= 0.6 is 12.8 Å². The van der Waals surface area contributed by atoms with Crippen molar-refractivity contribution in [2.75, 3.05) is 0 Å². The normalized spacial score (nSPS) is 7.67. The fourth-order valence-corrected chi connectivity index (χ4v) is 0. The van der Waals surface area contributed by atoms with Gasteiger partial charge in [-0.15, -0.1) is 0 Å². The highest BCUT2D eigenvalue weighted by Crippen LogP contribution is 1.78. The number of carboxylic acid groups (broad SMARTS) is 1. The highest BCUT2D eigenvalue weighted by molar-refractivity contribution is 7.78. The number of amides is 1. The van der Waals surface area contributed by atoms with Gasteiger partial charge in [0.05, 0.1) is 0 Å². The number of nitrogens with two attached hydrogens (primary N) is 1. The van der Waals surface area contributed by atoms with E-state index in [1.54, 1.807) is 0 Å². The van der Waals surface area contributed by atoms with Crippen LogP contribution in [0.5, 0.6) is 0 Å². The van der Waals surface area contributed by atoms with Crippen molar-refractivity contribution in [2.45, 2.75) is 0 Å². The third-order valence-electron chi connectivity index (χ3n) is 0.196. The first-order chi connectivity index (χ1) is 2.64. The number of carbonyl (C=O) groups is 1. The molecule has 0 rings (SSSR count). The van der Waals surface area contributed by atoms with Crippen molar-refractivity contribution in [3.63, 3.8) is 0 Å². The summed E-state index contributed by atoms with van der Waals surface area (Å²) in [7, 11) is 0. The minimum atomic E-state index is -1.27. The van der Waals surface area contributed by atoms with Crippen molar-refractivity contribution in [3.8, 4) is 0 Å². The van der Waals surface area contributed by atoms with Gasteiger partial charge in [-0.25, -0.2) is 10.6 Å². The molecule has 0 aromatic rings. The average molecular weight is 108 g/mol. The highest BCUT2D eigenvalue weighted by atomic mass is 32.1. The van der Waals surface area contributed by atoms with Crippen LogP contribution in [0.15, 0.2) is 0 Å². The van der Waals surface area contributed by atoms with Crippen molar-refractivity contribution < 1.29 is 9.90 Å². The average Bonchev–Trinajstić information content (AvgIpc) is 1.36. The quantitative estimate of drug-likeness (QED) is 0.172. The summed E-state index contributed by atoms with van der Waals surface area (Å²) in [6.07, 6.45) is -1.27. The molecule has 0 fully saturated rings. The van der Waals surface area contributed by atoms with E-state index in [0.29, 0.717) is 0 Å². The number of rotatable bonds is 0. The van der Waals surface area contributed by atoms with Gasteiger partial charge in [-0.1, -0.05) is 0 Å². The molecule has 0 atom stereocenters. The summed E-state index contributed by atoms with van der Waals surface area (Å²) in [5.41, 5.74) is 0. The molecule has 0 aliphatic carbocycles. The largest absolute Gasteiger partial charge is 0.463 e. The van der Waals surface area contributed by atoms with Crippen LogP contribution in [0.2, 0.25) is 0 Å². The molecule has 0 aliphatic rings. The number of nitrogens with zero attached hydrogens (tertiary/aromatic N) is 1. The van der Waals surface area contributed by atoms with Crippen LogP contribution in [-0.4, -0.2) is 15.6 Å². The summed E-state index contributed by atoms with van der Waals surface area (Å²) in [5.74, 6) is 4.53. The Bertz CT molecular complexity index is 62.6. The lowest BCUT2D eigenvalue weighted by Crippen LogP contribution is -2.25. The van der Waals surface area contributed by atoms with Gasteiger partial charge in [0.25, 0.3) is 0 Å². The van der Waals surface area contributed by atoms with Gasteiger partial charge >= 0.3 is 6.09 Å². The smallest absolute Gasteiger partial charge is 0.431 e. The van der Waals surface area contributed by atoms with Gasteiger partial charge in [-0.05, 0) is 12.8 Å². The van der Waals surface area contributed by atoms with Gasteiger partial charge in [-0.2, -0.15) is 4.41 Å². The molecule has 1 amide bonds. The second-order valence-corrected chi connectivity index (χ2v) is 1.06.